The van der Waals surface area contributed by atoms with Gasteiger partial charge in [0.25, 0.3) is 0 Å². The molecule has 0 spiro atoms. The largest absolute Gasteiger partial charge is 0.467 e. The molecule has 1 aromatic rings. The van der Waals surface area contributed by atoms with Crippen molar-refractivity contribution in [2.24, 2.45) is 0 Å². The number of methoxy groups -OCH3 is 1. The second kappa shape index (κ2) is 3.42. The number of aromatic nitrogens is 1. The Morgan fingerprint density at radius 2 is 2.27 bits per heavy atom. The number of hydrogen-bond acceptors (Lipinski definition) is 3. The Morgan fingerprint density at radius 3 is 2.82 bits per heavy atom. The molecule has 0 atom stereocenters. The Kier molecular flexibility index (Phi) is 2.52. The number of nitrogens with zero attached hydrogens (tertiary/aromatic N) is 1. The minimum atomic E-state index is 0.560. The normalized spacial score (nSPS) is 10.1. The van der Waals surface area contributed by atoms with Gasteiger partial charge < -0.3 is 9.15 Å². The van der Waals surface area contributed by atoms with Gasteiger partial charge in [-0.05, 0) is 6.42 Å². The van der Waals surface area contributed by atoms with Gasteiger partial charge in [0.2, 0.25) is 0 Å². The first-order chi connectivity index (χ1) is 5.27. The van der Waals surface area contributed by atoms with Crippen LogP contribution in [0.2, 0.25) is 0 Å². The van der Waals surface area contributed by atoms with E-state index in [2.05, 4.69) is 11.9 Å². The van der Waals surface area contributed by atoms with E-state index < -0.39 is 0 Å². The van der Waals surface area contributed by atoms with E-state index in [4.69, 9.17) is 9.15 Å². The van der Waals surface area contributed by atoms with Crippen LogP contribution in [-0.2, 0) is 6.42 Å². The van der Waals surface area contributed by atoms with Crippen LogP contribution in [0.25, 0.3) is 0 Å². The molecule has 1 rings (SSSR count). The minimum absolute atomic E-state index is 0.560. The highest BCUT2D eigenvalue weighted by Crippen LogP contribution is 2.19. The fourth-order valence-corrected chi connectivity index (χ4v) is 1.01. The quantitative estimate of drug-likeness (QED) is 0.669. The predicted octanol–water partition coefficient (Wildman–Crippen LogP) is 1.94. The monoisotopic (exact) mass is 155 g/mol. The Morgan fingerprint density at radius 1 is 1.55 bits per heavy atom. The highest BCUT2D eigenvalue weighted by Gasteiger charge is 2.09. The van der Waals surface area contributed by atoms with Crippen molar-refractivity contribution < 1.29 is 9.15 Å². The third-order valence-electron chi connectivity index (χ3n) is 1.44. The molecule has 1 heterocycles. The van der Waals surface area contributed by atoms with Crippen molar-refractivity contribution >= 4 is 0 Å². The number of ether oxygens (including phenoxy) is 1. The molecule has 0 bridgehead atoms. The molecule has 3 nitrogen and oxygen atoms in total. The molecule has 0 aliphatic rings. The Bertz CT molecular complexity index is 230. The predicted molar refractivity (Wildman–Crippen MR) is 41.8 cm³/mol. The summed E-state index contributed by atoms with van der Waals surface area (Å²) in [6.45, 7) is 3.92. The van der Waals surface area contributed by atoms with Crippen molar-refractivity contribution in [3.8, 4) is 5.95 Å². The lowest BCUT2D eigenvalue weighted by molar-refractivity contribution is 0.294. The SMILES string of the molecule is CCCc1nc(C)oc1OC. The zero-order valence-electron chi connectivity index (χ0n) is 7.18. The summed E-state index contributed by atoms with van der Waals surface area (Å²) in [5, 5.41) is 0. The van der Waals surface area contributed by atoms with Crippen molar-refractivity contribution in [2.45, 2.75) is 26.7 Å². The number of rotatable bonds is 3. The van der Waals surface area contributed by atoms with Crippen molar-refractivity contribution in [1.29, 1.82) is 0 Å². The topological polar surface area (TPSA) is 35.3 Å². The Hall–Kier alpha value is -0.990. The molecular formula is C8H13NO2. The van der Waals surface area contributed by atoms with Gasteiger partial charge in [0, 0.05) is 6.92 Å². The summed E-state index contributed by atoms with van der Waals surface area (Å²) in [6.07, 6.45) is 1.98. The second-order valence-electron chi connectivity index (χ2n) is 2.42. The van der Waals surface area contributed by atoms with Crippen molar-refractivity contribution in [2.75, 3.05) is 7.11 Å². The standard InChI is InChI=1S/C8H13NO2/c1-4-5-7-8(10-3)11-6(2)9-7/h4-5H2,1-3H3. The summed E-state index contributed by atoms with van der Waals surface area (Å²) < 4.78 is 10.2. The maximum absolute atomic E-state index is 5.18. The lowest BCUT2D eigenvalue weighted by Gasteiger charge is -1.94. The number of hydrogen-bond donors (Lipinski definition) is 0. The molecule has 3 heteroatoms. The van der Waals surface area contributed by atoms with Gasteiger partial charge in [-0.1, -0.05) is 13.3 Å². The minimum Gasteiger partial charge on any atom is -0.467 e. The van der Waals surface area contributed by atoms with Crippen LogP contribution in [0.1, 0.15) is 24.9 Å². The third kappa shape index (κ3) is 1.73. The molecule has 1 aromatic heterocycles. The third-order valence-corrected chi connectivity index (χ3v) is 1.44. The van der Waals surface area contributed by atoms with Crippen LogP contribution in [0.4, 0.5) is 0 Å². The van der Waals surface area contributed by atoms with Crippen molar-refractivity contribution in [3.05, 3.63) is 11.6 Å². The maximum Gasteiger partial charge on any atom is 0.308 e. The first-order valence-electron chi connectivity index (χ1n) is 3.78. The average Bonchev–Trinajstić information content (AvgIpc) is 2.32. The lowest BCUT2D eigenvalue weighted by atomic mass is 10.3. The number of aryl methyl sites for hydroxylation is 2. The molecule has 0 amide bonds. The van der Waals surface area contributed by atoms with E-state index >= 15 is 0 Å². The molecule has 11 heavy (non-hydrogen) atoms. The second-order valence-corrected chi connectivity index (χ2v) is 2.42. The molecule has 0 radical (unpaired) electrons. The van der Waals surface area contributed by atoms with Crippen LogP contribution in [-0.4, -0.2) is 12.1 Å². The molecular weight excluding hydrogens is 142 g/mol. The van der Waals surface area contributed by atoms with E-state index in [1.165, 1.54) is 0 Å². The van der Waals surface area contributed by atoms with Gasteiger partial charge in [-0.15, -0.1) is 0 Å². The summed E-state index contributed by atoms with van der Waals surface area (Å²) in [7, 11) is 1.60. The van der Waals surface area contributed by atoms with Crippen LogP contribution in [0, 0.1) is 6.92 Å². The molecule has 0 fully saturated rings. The molecule has 0 saturated carbocycles. The summed E-state index contributed by atoms with van der Waals surface area (Å²) in [5.41, 5.74) is 0.924. The van der Waals surface area contributed by atoms with Crippen molar-refractivity contribution in [3.63, 3.8) is 0 Å². The highest BCUT2D eigenvalue weighted by atomic mass is 16.6. The van der Waals surface area contributed by atoms with E-state index in [9.17, 15) is 0 Å². The molecule has 0 aliphatic carbocycles. The van der Waals surface area contributed by atoms with Gasteiger partial charge >= 0.3 is 5.95 Å². The van der Waals surface area contributed by atoms with Crippen LogP contribution in [0.3, 0.4) is 0 Å². The van der Waals surface area contributed by atoms with Gasteiger partial charge in [-0.25, -0.2) is 4.98 Å². The molecule has 0 aromatic carbocycles. The lowest BCUT2D eigenvalue weighted by Crippen LogP contribution is -1.88. The van der Waals surface area contributed by atoms with Crippen LogP contribution in [0.15, 0.2) is 4.42 Å². The highest BCUT2D eigenvalue weighted by molar-refractivity contribution is 5.15. The fourth-order valence-electron chi connectivity index (χ4n) is 1.01. The zero-order chi connectivity index (χ0) is 8.27. The van der Waals surface area contributed by atoms with E-state index in [1.807, 2.05) is 6.92 Å². The van der Waals surface area contributed by atoms with Gasteiger partial charge in [0.1, 0.15) is 5.69 Å². The molecule has 62 valence electrons. The summed E-state index contributed by atoms with van der Waals surface area (Å²) >= 11 is 0. The van der Waals surface area contributed by atoms with Gasteiger partial charge in [0.15, 0.2) is 5.89 Å². The van der Waals surface area contributed by atoms with Crippen LogP contribution in [0.5, 0.6) is 5.95 Å². The summed E-state index contributed by atoms with van der Waals surface area (Å²) in [6, 6.07) is 0. The molecule has 0 saturated heterocycles. The smallest absolute Gasteiger partial charge is 0.308 e. The molecule has 0 unspecified atom stereocenters. The molecule has 0 N–H and O–H groups in total. The van der Waals surface area contributed by atoms with Crippen LogP contribution >= 0.6 is 0 Å². The average molecular weight is 155 g/mol. The van der Waals surface area contributed by atoms with Crippen LogP contribution < -0.4 is 4.74 Å². The number of oxazole rings is 1. The Labute approximate surface area is 66.4 Å². The van der Waals surface area contributed by atoms with E-state index in [-0.39, 0.29) is 0 Å². The summed E-state index contributed by atoms with van der Waals surface area (Å²) in [5.74, 6) is 1.23. The van der Waals surface area contributed by atoms with E-state index in [0.29, 0.717) is 11.8 Å². The van der Waals surface area contributed by atoms with E-state index in [1.54, 1.807) is 7.11 Å². The summed E-state index contributed by atoms with van der Waals surface area (Å²) in [4.78, 5) is 4.18. The fraction of sp³-hybridized carbons (Fsp3) is 0.625. The maximum atomic E-state index is 5.18. The van der Waals surface area contributed by atoms with Gasteiger partial charge in [0.05, 0.1) is 7.11 Å². The first kappa shape index (κ1) is 8.11. The van der Waals surface area contributed by atoms with E-state index in [0.717, 1.165) is 18.5 Å². The zero-order valence-corrected chi connectivity index (χ0v) is 7.18. The first-order valence-corrected chi connectivity index (χ1v) is 3.78. The van der Waals surface area contributed by atoms with Gasteiger partial charge in [-0.3, -0.25) is 0 Å². The Balaban J connectivity index is 2.83. The van der Waals surface area contributed by atoms with Crippen molar-refractivity contribution in [1.82, 2.24) is 4.98 Å². The molecule has 0 aliphatic heterocycles. The van der Waals surface area contributed by atoms with Gasteiger partial charge in [-0.2, -0.15) is 0 Å².